The first-order chi connectivity index (χ1) is 13.3. The van der Waals surface area contributed by atoms with Crippen LogP contribution < -0.4 is 9.64 Å². The second-order valence-corrected chi connectivity index (χ2v) is 8.53. The van der Waals surface area contributed by atoms with E-state index in [0.29, 0.717) is 34.0 Å². The van der Waals surface area contributed by atoms with Crippen LogP contribution in [0.25, 0.3) is 10.2 Å². The van der Waals surface area contributed by atoms with Gasteiger partial charge in [0.2, 0.25) is 0 Å². The molecule has 1 amide bonds. The summed E-state index contributed by atoms with van der Waals surface area (Å²) in [6.45, 7) is 3.13. The van der Waals surface area contributed by atoms with Crippen LogP contribution in [0.3, 0.4) is 0 Å². The molecule has 0 atom stereocenters. The second-order valence-electron chi connectivity index (χ2n) is 6.68. The molecule has 1 heterocycles. The Morgan fingerprint density at radius 3 is 2.59 bits per heavy atom. The van der Waals surface area contributed by atoms with Gasteiger partial charge in [0.15, 0.2) is 11.7 Å². The monoisotopic (exact) mass is 473 g/mol. The van der Waals surface area contributed by atoms with Crippen molar-refractivity contribution in [1.29, 1.82) is 0 Å². The highest BCUT2D eigenvalue weighted by Crippen LogP contribution is 2.30. The molecule has 0 spiro atoms. The summed E-state index contributed by atoms with van der Waals surface area (Å²) >= 11 is 13.5. The third kappa shape index (κ3) is 6.20. The van der Waals surface area contributed by atoms with Gasteiger partial charge < -0.3 is 9.64 Å². The van der Waals surface area contributed by atoms with Gasteiger partial charge in [0.05, 0.1) is 15.2 Å². The highest BCUT2D eigenvalue weighted by atomic mass is 35.5. The van der Waals surface area contributed by atoms with Crippen molar-refractivity contribution in [2.24, 2.45) is 0 Å². The lowest BCUT2D eigenvalue weighted by molar-refractivity contribution is -0.120. The van der Waals surface area contributed by atoms with Gasteiger partial charge >= 0.3 is 0 Å². The Morgan fingerprint density at radius 1 is 1.14 bits per heavy atom. The van der Waals surface area contributed by atoms with E-state index in [-0.39, 0.29) is 24.9 Å². The number of benzene rings is 2. The van der Waals surface area contributed by atoms with Crippen molar-refractivity contribution in [1.82, 2.24) is 9.88 Å². The van der Waals surface area contributed by atoms with Crippen LogP contribution in [0.1, 0.15) is 5.56 Å². The molecule has 1 aromatic heterocycles. The molecule has 0 saturated heterocycles. The number of carbonyl (C=O) groups is 1. The van der Waals surface area contributed by atoms with E-state index in [1.54, 1.807) is 23.1 Å². The fourth-order valence-electron chi connectivity index (χ4n) is 2.57. The van der Waals surface area contributed by atoms with E-state index in [2.05, 4.69) is 11.1 Å². The molecule has 3 aromatic rings. The fraction of sp³-hybridized carbons (Fsp3) is 0.300. The topological polar surface area (TPSA) is 45.7 Å². The molecular weight excluding hydrogens is 453 g/mol. The van der Waals surface area contributed by atoms with Crippen molar-refractivity contribution in [3.05, 3.63) is 52.0 Å². The molecule has 0 aliphatic heterocycles. The van der Waals surface area contributed by atoms with Crippen LogP contribution >= 0.6 is 46.9 Å². The van der Waals surface area contributed by atoms with E-state index in [1.165, 1.54) is 11.3 Å². The van der Waals surface area contributed by atoms with E-state index in [0.717, 1.165) is 15.8 Å². The maximum atomic E-state index is 12.9. The molecule has 0 saturated carbocycles. The van der Waals surface area contributed by atoms with Crippen LogP contribution in [-0.2, 0) is 4.79 Å². The number of likely N-dealkylation sites (N-methyl/N-ethyl adjacent to an activating group) is 1. The molecule has 2 aromatic carbocycles. The molecule has 0 unspecified atom stereocenters. The number of thiazole rings is 1. The quantitative estimate of drug-likeness (QED) is 0.466. The highest BCUT2D eigenvalue weighted by Gasteiger charge is 2.21. The SMILES string of the molecule is Cc1ccc2nc(N(CCN(C)C)C(=O)COc3ccc(Cl)cc3Cl)sc2c1.Cl. The fourth-order valence-corrected chi connectivity index (χ4v) is 4.14. The molecule has 0 bridgehead atoms. The van der Waals surface area contributed by atoms with E-state index >= 15 is 0 Å². The molecule has 5 nitrogen and oxygen atoms in total. The minimum Gasteiger partial charge on any atom is -0.482 e. The van der Waals surface area contributed by atoms with Gasteiger partial charge in [-0.2, -0.15) is 0 Å². The van der Waals surface area contributed by atoms with Gasteiger partial charge in [-0.25, -0.2) is 4.98 Å². The van der Waals surface area contributed by atoms with Gasteiger partial charge in [-0.15, -0.1) is 12.4 Å². The number of anilines is 1. The summed E-state index contributed by atoms with van der Waals surface area (Å²) in [6.07, 6.45) is 0. The Bertz CT molecular complexity index is 994. The predicted octanol–water partition coefficient (Wildman–Crippen LogP) is 5.31. The average molecular weight is 475 g/mol. The number of ether oxygens (including phenoxy) is 1. The molecular formula is C20H22Cl3N3O2S. The van der Waals surface area contributed by atoms with Gasteiger partial charge in [0.25, 0.3) is 5.91 Å². The first kappa shape index (κ1) is 23.7. The summed E-state index contributed by atoms with van der Waals surface area (Å²) < 4.78 is 6.69. The number of nitrogens with zero attached hydrogens (tertiary/aromatic N) is 3. The Kier molecular flexibility index (Phi) is 8.55. The largest absolute Gasteiger partial charge is 0.482 e. The number of aromatic nitrogens is 1. The summed E-state index contributed by atoms with van der Waals surface area (Å²) in [5.74, 6) is 0.246. The minimum atomic E-state index is -0.177. The Morgan fingerprint density at radius 2 is 1.90 bits per heavy atom. The smallest absolute Gasteiger partial charge is 0.266 e. The summed E-state index contributed by atoms with van der Waals surface area (Å²) in [4.78, 5) is 21.3. The molecule has 0 radical (unpaired) electrons. The Hall–Kier alpha value is -1.57. The van der Waals surface area contributed by atoms with Crippen LogP contribution in [0.4, 0.5) is 5.13 Å². The van der Waals surface area contributed by atoms with Crippen molar-refractivity contribution in [2.45, 2.75) is 6.92 Å². The number of hydrogen-bond donors (Lipinski definition) is 0. The molecule has 156 valence electrons. The van der Waals surface area contributed by atoms with Gasteiger partial charge in [0, 0.05) is 18.1 Å². The first-order valence-electron chi connectivity index (χ1n) is 8.73. The van der Waals surface area contributed by atoms with Crippen molar-refractivity contribution >= 4 is 68.2 Å². The van der Waals surface area contributed by atoms with Gasteiger partial charge in [-0.05, 0) is 56.9 Å². The third-order valence-electron chi connectivity index (χ3n) is 4.08. The Balaban J connectivity index is 0.00000300. The average Bonchev–Trinajstić information content (AvgIpc) is 3.03. The van der Waals surface area contributed by atoms with E-state index in [9.17, 15) is 4.79 Å². The minimum absolute atomic E-state index is 0. The second kappa shape index (κ2) is 10.5. The molecule has 9 heteroatoms. The lowest BCUT2D eigenvalue weighted by Gasteiger charge is -2.22. The molecule has 0 fully saturated rings. The van der Waals surface area contributed by atoms with E-state index in [4.69, 9.17) is 27.9 Å². The van der Waals surface area contributed by atoms with Crippen molar-refractivity contribution < 1.29 is 9.53 Å². The number of rotatable bonds is 7. The van der Waals surface area contributed by atoms with Crippen molar-refractivity contribution in [2.75, 3.05) is 38.7 Å². The zero-order valence-electron chi connectivity index (χ0n) is 16.3. The van der Waals surface area contributed by atoms with Crippen LogP contribution in [0.5, 0.6) is 5.75 Å². The lowest BCUT2D eigenvalue weighted by Crippen LogP contribution is -2.39. The number of fused-ring (bicyclic) bond motifs is 1. The summed E-state index contributed by atoms with van der Waals surface area (Å²) in [6, 6.07) is 11.0. The Labute approximate surface area is 190 Å². The van der Waals surface area contributed by atoms with E-state index in [1.807, 2.05) is 38.1 Å². The van der Waals surface area contributed by atoms with Gasteiger partial charge in [-0.3, -0.25) is 9.69 Å². The van der Waals surface area contributed by atoms with Crippen LogP contribution in [0, 0.1) is 6.92 Å². The summed E-state index contributed by atoms with van der Waals surface area (Å²) in [5, 5.41) is 1.55. The highest BCUT2D eigenvalue weighted by molar-refractivity contribution is 7.22. The van der Waals surface area contributed by atoms with Gasteiger partial charge in [0.1, 0.15) is 5.75 Å². The number of halogens is 3. The molecule has 0 aliphatic carbocycles. The molecule has 3 rings (SSSR count). The first-order valence-corrected chi connectivity index (χ1v) is 10.3. The van der Waals surface area contributed by atoms with Crippen molar-refractivity contribution in [3.8, 4) is 5.75 Å². The maximum Gasteiger partial charge on any atom is 0.266 e. The normalized spacial score (nSPS) is 10.8. The lowest BCUT2D eigenvalue weighted by atomic mass is 10.2. The summed E-state index contributed by atoms with van der Waals surface area (Å²) in [7, 11) is 3.93. The molecule has 0 aliphatic rings. The maximum absolute atomic E-state index is 12.9. The summed E-state index contributed by atoms with van der Waals surface area (Å²) in [5.41, 5.74) is 2.05. The molecule has 29 heavy (non-hydrogen) atoms. The van der Waals surface area contributed by atoms with E-state index < -0.39 is 0 Å². The predicted molar refractivity (Wildman–Crippen MR) is 124 cm³/mol. The zero-order valence-corrected chi connectivity index (χ0v) is 19.5. The van der Waals surface area contributed by atoms with Crippen molar-refractivity contribution in [3.63, 3.8) is 0 Å². The third-order valence-corrected chi connectivity index (χ3v) is 5.65. The number of amides is 1. The van der Waals surface area contributed by atoms with Gasteiger partial charge in [-0.1, -0.05) is 40.6 Å². The number of hydrogen-bond acceptors (Lipinski definition) is 5. The van der Waals surface area contributed by atoms with Crippen LogP contribution in [0.15, 0.2) is 36.4 Å². The van der Waals surface area contributed by atoms with Crippen LogP contribution in [0.2, 0.25) is 10.0 Å². The zero-order chi connectivity index (χ0) is 20.3. The van der Waals surface area contributed by atoms with Crippen LogP contribution in [-0.4, -0.2) is 49.6 Å². The number of aryl methyl sites for hydroxylation is 1. The molecule has 0 N–H and O–H groups in total. The standard InChI is InChI=1S/C20H21Cl2N3O2S.ClH/c1-13-4-6-16-18(10-13)28-20(23-16)25(9-8-24(2)3)19(26)12-27-17-7-5-14(21)11-15(17)22;/h4-7,10-11H,8-9,12H2,1-3H3;1H. The number of carbonyl (C=O) groups excluding carboxylic acids is 1.